The number of carbonyl (C=O) groups is 1. The van der Waals surface area contributed by atoms with Crippen molar-refractivity contribution in [2.24, 2.45) is 0 Å². The summed E-state index contributed by atoms with van der Waals surface area (Å²) < 4.78 is 1.55. The van der Waals surface area contributed by atoms with Crippen molar-refractivity contribution in [1.82, 2.24) is 20.0 Å². The number of hydrogen-bond donors (Lipinski definition) is 1. The number of fused-ring (bicyclic) bond motifs is 1. The van der Waals surface area contributed by atoms with E-state index in [1.54, 1.807) is 10.9 Å². The first-order valence-electron chi connectivity index (χ1n) is 6.24. The summed E-state index contributed by atoms with van der Waals surface area (Å²) in [5.41, 5.74) is 2.06. The van der Waals surface area contributed by atoms with E-state index in [2.05, 4.69) is 15.3 Å². The van der Waals surface area contributed by atoms with Gasteiger partial charge in [-0.25, -0.2) is 9.48 Å². The van der Waals surface area contributed by atoms with Crippen molar-refractivity contribution < 1.29 is 9.90 Å². The number of aromatic carboxylic acids is 1. The van der Waals surface area contributed by atoms with Crippen molar-refractivity contribution in [2.75, 3.05) is 0 Å². The maximum Gasteiger partial charge on any atom is 0.358 e. The van der Waals surface area contributed by atoms with E-state index in [9.17, 15) is 4.79 Å². The van der Waals surface area contributed by atoms with Crippen molar-refractivity contribution in [1.29, 1.82) is 0 Å². The van der Waals surface area contributed by atoms with Crippen LogP contribution in [0.15, 0.2) is 36.5 Å². The Kier molecular flexibility index (Phi) is 2.90. The third-order valence-corrected chi connectivity index (χ3v) is 3.14. The molecule has 1 aromatic carbocycles. The lowest BCUT2D eigenvalue weighted by molar-refractivity contribution is 0.0689. The van der Waals surface area contributed by atoms with Gasteiger partial charge >= 0.3 is 5.97 Å². The van der Waals surface area contributed by atoms with Crippen molar-refractivity contribution in [3.63, 3.8) is 0 Å². The van der Waals surface area contributed by atoms with E-state index in [1.807, 2.05) is 37.3 Å². The minimum absolute atomic E-state index is 0.0135. The van der Waals surface area contributed by atoms with E-state index >= 15 is 0 Å². The molecule has 0 atom stereocenters. The van der Waals surface area contributed by atoms with Gasteiger partial charge in [0.15, 0.2) is 5.69 Å². The summed E-state index contributed by atoms with van der Waals surface area (Å²) in [4.78, 5) is 15.5. The van der Waals surface area contributed by atoms with Crippen LogP contribution in [0.4, 0.5) is 0 Å². The Morgan fingerprint density at radius 1 is 1.30 bits per heavy atom. The zero-order valence-electron chi connectivity index (χ0n) is 10.8. The smallest absolute Gasteiger partial charge is 0.358 e. The molecule has 0 saturated heterocycles. The maximum atomic E-state index is 11.2. The Morgan fingerprint density at radius 3 is 2.85 bits per heavy atom. The van der Waals surface area contributed by atoms with Gasteiger partial charge in [-0.05, 0) is 18.6 Å². The van der Waals surface area contributed by atoms with Crippen LogP contribution < -0.4 is 0 Å². The molecule has 0 aliphatic heterocycles. The van der Waals surface area contributed by atoms with E-state index in [1.165, 1.54) is 0 Å². The van der Waals surface area contributed by atoms with E-state index in [4.69, 9.17) is 5.11 Å². The van der Waals surface area contributed by atoms with Crippen LogP contribution >= 0.6 is 0 Å². The summed E-state index contributed by atoms with van der Waals surface area (Å²) in [5, 5.41) is 17.8. The molecule has 0 aliphatic carbocycles. The number of pyridine rings is 1. The summed E-state index contributed by atoms with van der Waals surface area (Å²) >= 11 is 0. The van der Waals surface area contributed by atoms with Gasteiger partial charge in [0, 0.05) is 11.6 Å². The van der Waals surface area contributed by atoms with Crippen LogP contribution in [0.2, 0.25) is 0 Å². The van der Waals surface area contributed by atoms with Gasteiger partial charge in [0.2, 0.25) is 0 Å². The number of rotatable bonds is 3. The molecule has 2 aromatic heterocycles. The van der Waals surface area contributed by atoms with Crippen molar-refractivity contribution >= 4 is 16.9 Å². The van der Waals surface area contributed by atoms with Gasteiger partial charge in [-0.1, -0.05) is 30.3 Å². The van der Waals surface area contributed by atoms with Gasteiger partial charge in [-0.2, -0.15) is 0 Å². The molecule has 0 bridgehead atoms. The van der Waals surface area contributed by atoms with Crippen LogP contribution in [0.1, 0.15) is 23.1 Å². The van der Waals surface area contributed by atoms with Crippen LogP contribution in [0.5, 0.6) is 0 Å². The fourth-order valence-corrected chi connectivity index (χ4v) is 2.24. The minimum atomic E-state index is -1.07. The quantitative estimate of drug-likeness (QED) is 0.786. The van der Waals surface area contributed by atoms with E-state index < -0.39 is 5.97 Å². The second-order valence-electron chi connectivity index (χ2n) is 4.31. The van der Waals surface area contributed by atoms with E-state index in [0.717, 1.165) is 16.6 Å². The second kappa shape index (κ2) is 4.73. The number of carboxylic acid groups (broad SMARTS) is 1. The fourth-order valence-electron chi connectivity index (χ4n) is 2.24. The Bertz CT molecular complexity index is 789. The van der Waals surface area contributed by atoms with Gasteiger partial charge < -0.3 is 5.11 Å². The SMILES string of the molecule is CCc1c(C(=O)O)nnn1-c1cccc2cccnc12. The number of benzene rings is 1. The van der Waals surface area contributed by atoms with Crippen LogP contribution in [0, 0.1) is 0 Å². The molecular formula is C14H12N4O2. The van der Waals surface area contributed by atoms with Gasteiger partial charge in [0.25, 0.3) is 0 Å². The lowest BCUT2D eigenvalue weighted by atomic mass is 10.2. The summed E-state index contributed by atoms with van der Waals surface area (Å²) in [6.07, 6.45) is 2.23. The topological polar surface area (TPSA) is 80.9 Å². The first-order valence-corrected chi connectivity index (χ1v) is 6.24. The average Bonchev–Trinajstić information content (AvgIpc) is 2.90. The summed E-state index contributed by atoms with van der Waals surface area (Å²) in [5.74, 6) is -1.07. The predicted molar refractivity (Wildman–Crippen MR) is 73.0 cm³/mol. The molecule has 2 heterocycles. The molecule has 0 amide bonds. The molecule has 1 N–H and O–H groups in total. The van der Waals surface area contributed by atoms with Crippen LogP contribution in [0.25, 0.3) is 16.6 Å². The molecule has 0 unspecified atom stereocenters. The standard InChI is InChI=1S/C14H12N4O2/c1-2-10-13(14(19)20)16-17-18(10)11-7-3-5-9-6-4-8-15-12(9)11/h3-8H,2H2,1H3,(H,19,20). The lowest BCUT2D eigenvalue weighted by Crippen LogP contribution is -2.06. The van der Waals surface area contributed by atoms with Crippen LogP contribution in [0.3, 0.4) is 0 Å². The summed E-state index contributed by atoms with van der Waals surface area (Å²) in [6, 6.07) is 9.51. The largest absolute Gasteiger partial charge is 0.476 e. The van der Waals surface area contributed by atoms with Crippen molar-refractivity contribution in [2.45, 2.75) is 13.3 Å². The predicted octanol–water partition coefficient (Wildman–Crippen LogP) is 2.08. The van der Waals surface area contributed by atoms with Gasteiger partial charge in [-0.15, -0.1) is 5.10 Å². The van der Waals surface area contributed by atoms with Gasteiger partial charge in [0.05, 0.1) is 16.9 Å². The molecule has 0 spiro atoms. The van der Waals surface area contributed by atoms with Gasteiger partial charge in [-0.3, -0.25) is 4.98 Å². The number of para-hydroxylation sites is 1. The Labute approximate surface area is 114 Å². The highest BCUT2D eigenvalue weighted by Gasteiger charge is 2.19. The second-order valence-corrected chi connectivity index (χ2v) is 4.31. The summed E-state index contributed by atoms with van der Waals surface area (Å²) in [6.45, 7) is 1.88. The Morgan fingerprint density at radius 2 is 2.10 bits per heavy atom. The molecule has 3 rings (SSSR count). The van der Waals surface area contributed by atoms with Crippen LogP contribution in [-0.4, -0.2) is 31.1 Å². The molecule has 100 valence electrons. The zero-order valence-corrected chi connectivity index (χ0v) is 10.8. The average molecular weight is 268 g/mol. The van der Waals surface area contributed by atoms with E-state index in [-0.39, 0.29) is 5.69 Å². The number of carboxylic acids is 1. The lowest BCUT2D eigenvalue weighted by Gasteiger charge is -2.07. The maximum absolute atomic E-state index is 11.2. The van der Waals surface area contributed by atoms with Crippen molar-refractivity contribution in [3.8, 4) is 5.69 Å². The number of hydrogen-bond acceptors (Lipinski definition) is 4. The molecule has 6 nitrogen and oxygen atoms in total. The van der Waals surface area contributed by atoms with Crippen LogP contribution in [-0.2, 0) is 6.42 Å². The Hall–Kier alpha value is -2.76. The highest BCUT2D eigenvalue weighted by atomic mass is 16.4. The number of aromatic nitrogens is 4. The molecule has 0 aliphatic rings. The first-order chi connectivity index (χ1) is 9.72. The first kappa shape index (κ1) is 12.3. The number of nitrogens with zero attached hydrogens (tertiary/aromatic N) is 4. The third-order valence-electron chi connectivity index (χ3n) is 3.14. The molecule has 20 heavy (non-hydrogen) atoms. The monoisotopic (exact) mass is 268 g/mol. The molecule has 6 heteroatoms. The Balaban J connectivity index is 2.29. The zero-order chi connectivity index (χ0) is 14.1. The fraction of sp³-hybridized carbons (Fsp3) is 0.143. The molecular weight excluding hydrogens is 256 g/mol. The van der Waals surface area contributed by atoms with Crippen molar-refractivity contribution in [3.05, 3.63) is 47.9 Å². The molecule has 0 radical (unpaired) electrons. The van der Waals surface area contributed by atoms with E-state index in [0.29, 0.717) is 12.1 Å². The normalized spacial score (nSPS) is 10.8. The molecule has 0 fully saturated rings. The highest BCUT2D eigenvalue weighted by Crippen LogP contribution is 2.21. The highest BCUT2D eigenvalue weighted by molar-refractivity contribution is 5.88. The van der Waals surface area contributed by atoms with Gasteiger partial charge in [0.1, 0.15) is 0 Å². The summed E-state index contributed by atoms with van der Waals surface area (Å²) in [7, 11) is 0. The third kappa shape index (κ3) is 1.82. The minimum Gasteiger partial charge on any atom is -0.476 e. The molecule has 0 saturated carbocycles. The molecule has 3 aromatic rings.